The van der Waals surface area contributed by atoms with Crippen molar-refractivity contribution in [1.82, 2.24) is 25.9 Å². The number of hydrogen-bond acceptors (Lipinski definition) is 8. The highest BCUT2D eigenvalue weighted by Crippen LogP contribution is 2.36. The fourth-order valence-electron chi connectivity index (χ4n) is 4.55. The number of fused-ring (bicyclic) bond motifs is 1. The highest BCUT2D eigenvalue weighted by molar-refractivity contribution is 6.35. The first-order chi connectivity index (χ1) is 19.4. The maximum atomic E-state index is 13.8. The van der Waals surface area contributed by atoms with Crippen molar-refractivity contribution in [3.8, 4) is 6.07 Å². The highest BCUT2D eigenvalue weighted by atomic mass is 35.5. The summed E-state index contributed by atoms with van der Waals surface area (Å²) in [6.45, 7) is 0.562. The number of nitrogens with one attached hydrogen (secondary N) is 4. The Morgan fingerprint density at radius 2 is 2.08 bits per heavy atom. The monoisotopic (exact) mass is 541 g/mol. The molecule has 6 rings (SSSR count). The predicted molar refractivity (Wildman–Crippen MR) is 150 cm³/mol. The molecule has 2 aromatic carbocycles. The van der Waals surface area contributed by atoms with Gasteiger partial charge in [0.05, 0.1) is 34.9 Å². The fraction of sp³-hybridized carbons (Fsp3) is 0.207. The molecule has 1 aliphatic carbocycles. The summed E-state index contributed by atoms with van der Waals surface area (Å²) in [5.41, 5.74) is 10.4. The SMILES string of the molecule is [2H]C(Nc1cc(Cl)c2ncc(C#N)c(NCCc3cccnc3)c2c1)(C1=CN(C2CC2)NN1)c1ccc(F)cc1. The topological polar surface area (TPSA) is 101 Å². The van der Waals surface area contributed by atoms with Crippen LogP contribution in [-0.4, -0.2) is 27.6 Å². The van der Waals surface area contributed by atoms with Crippen molar-refractivity contribution >= 4 is 33.9 Å². The molecular formula is C29H26ClFN8. The van der Waals surface area contributed by atoms with Gasteiger partial charge < -0.3 is 16.1 Å². The lowest BCUT2D eigenvalue weighted by atomic mass is 10.0. The Hall–Kier alpha value is -4.39. The lowest BCUT2D eigenvalue weighted by Gasteiger charge is -2.22. The van der Waals surface area contributed by atoms with Gasteiger partial charge >= 0.3 is 0 Å². The summed E-state index contributed by atoms with van der Waals surface area (Å²) in [7, 11) is 0. The van der Waals surface area contributed by atoms with Crippen LogP contribution in [0.3, 0.4) is 0 Å². The van der Waals surface area contributed by atoms with E-state index in [2.05, 4.69) is 37.6 Å². The minimum absolute atomic E-state index is 0.368. The molecule has 0 spiro atoms. The minimum atomic E-state index is -1.52. The van der Waals surface area contributed by atoms with Crippen LogP contribution in [0.15, 0.2) is 79.0 Å². The normalized spacial score (nSPS) is 16.6. The van der Waals surface area contributed by atoms with E-state index < -0.39 is 6.02 Å². The standard InChI is InChI=1S/C29H26ClFN8/c30-25-13-22(36-28(19-3-5-21(31)6-4-19)26-17-39(38-37-26)23-7-8-23)12-24-27(20(14-32)16-35-29(24)25)34-11-9-18-2-1-10-33-15-18/h1-6,10,12-13,15-17,23,28,36-38H,7-9,11H2,(H,34,35)/i28D. The Morgan fingerprint density at radius 3 is 2.82 bits per heavy atom. The van der Waals surface area contributed by atoms with Crippen LogP contribution in [0.5, 0.6) is 0 Å². The molecule has 2 aromatic heterocycles. The van der Waals surface area contributed by atoms with E-state index >= 15 is 0 Å². The number of halogens is 2. The highest BCUT2D eigenvalue weighted by Gasteiger charge is 2.32. The van der Waals surface area contributed by atoms with Crippen LogP contribution in [-0.2, 0) is 6.42 Å². The molecule has 1 unspecified atom stereocenters. The number of nitriles is 1. The van der Waals surface area contributed by atoms with Gasteiger partial charge in [0.15, 0.2) is 0 Å². The molecule has 0 bridgehead atoms. The molecule has 0 radical (unpaired) electrons. The van der Waals surface area contributed by atoms with Gasteiger partial charge in [-0.3, -0.25) is 15.0 Å². The van der Waals surface area contributed by atoms with E-state index in [0.717, 1.165) is 18.4 Å². The summed E-state index contributed by atoms with van der Waals surface area (Å²) in [5, 5.41) is 19.5. The molecule has 1 aliphatic heterocycles. The van der Waals surface area contributed by atoms with E-state index in [0.29, 0.717) is 63.1 Å². The summed E-state index contributed by atoms with van der Waals surface area (Å²) in [4.78, 5) is 8.60. The summed E-state index contributed by atoms with van der Waals surface area (Å²) in [6.07, 6.45) is 9.75. The fourth-order valence-corrected chi connectivity index (χ4v) is 4.81. The first kappa shape index (κ1) is 23.7. The van der Waals surface area contributed by atoms with Crippen LogP contribution >= 0.6 is 11.6 Å². The Labute approximate surface area is 231 Å². The third kappa shape index (κ3) is 5.43. The van der Waals surface area contributed by atoms with Crippen LogP contribution < -0.4 is 21.6 Å². The number of hydrogen-bond donors (Lipinski definition) is 4. The van der Waals surface area contributed by atoms with E-state index in [4.69, 9.17) is 11.6 Å². The lowest BCUT2D eigenvalue weighted by molar-refractivity contribution is 0.260. The van der Waals surface area contributed by atoms with E-state index in [1.54, 1.807) is 24.4 Å². The van der Waals surface area contributed by atoms with Crippen molar-refractivity contribution in [2.24, 2.45) is 0 Å². The number of aromatic nitrogens is 2. The molecule has 3 heterocycles. The Balaban J connectivity index is 1.38. The number of nitrogens with zero attached hydrogens (tertiary/aromatic N) is 4. The molecule has 2 aliphatic rings. The van der Waals surface area contributed by atoms with Crippen molar-refractivity contribution in [3.05, 3.63) is 107 Å². The molecule has 4 aromatic rings. The van der Waals surface area contributed by atoms with Gasteiger partial charge in [0.2, 0.25) is 0 Å². The van der Waals surface area contributed by atoms with Crippen molar-refractivity contribution in [2.45, 2.75) is 31.3 Å². The van der Waals surface area contributed by atoms with E-state index in [1.807, 2.05) is 35.6 Å². The Kier molecular flexibility index (Phi) is 6.55. The van der Waals surface area contributed by atoms with Crippen molar-refractivity contribution in [1.29, 1.82) is 5.26 Å². The quantitative estimate of drug-likeness (QED) is 0.222. The number of rotatable bonds is 9. The molecule has 0 saturated heterocycles. The van der Waals surface area contributed by atoms with Crippen LogP contribution in [0, 0.1) is 17.1 Å². The predicted octanol–water partition coefficient (Wildman–Crippen LogP) is 5.43. The molecular weight excluding hydrogens is 515 g/mol. The van der Waals surface area contributed by atoms with Crippen molar-refractivity contribution < 1.29 is 5.76 Å². The van der Waals surface area contributed by atoms with Crippen LogP contribution in [0.2, 0.25) is 5.02 Å². The number of pyridine rings is 2. The van der Waals surface area contributed by atoms with Gasteiger partial charge in [0.1, 0.15) is 11.9 Å². The minimum Gasteiger partial charge on any atom is -0.383 e. The molecule has 196 valence electrons. The van der Waals surface area contributed by atoms with Gasteiger partial charge in [0.25, 0.3) is 0 Å². The maximum absolute atomic E-state index is 13.8. The zero-order valence-corrected chi connectivity index (χ0v) is 21.6. The number of benzene rings is 2. The van der Waals surface area contributed by atoms with Gasteiger partial charge in [-0.2, -0.15) is 5.26 Å². The average molecular weight is 542 g/mol. The molecule has 0 amide bonds. The van der Waals surface area contributed by atoms with Crippen LogP contribution in [0.4, 0.5) is 15.8 Å². The van der Waals surface area contributed by atoms with Crippen LogP contribution in [0.1, 0.15) is 36.9 Å². The Morgan fingerprint density at radius 1 is 1.23 bits per heavy atom. The van der Waals surface area contributed by atoms with Gasteiger partial charge in [-0.15, -0.1) is 5.53 Å². The molecule has 1 atom stereocenters. The van der Waals surface area contributed by atoms with Crippen molar-refractivity contribution in [3.63, 3.8) is 0 Å². The summed E-state index contributed by atoms with van der Waals surface area (Å²) in [5.74, 6) is -0.386. The van der Waals surface area contributed by atoms with Crippen molar-refractivity contribution in [2.75, 3.05) is 17.2 Å². The molecule has 4 N–H and O–H groups in total. The first-order valence-electron chi connectivity index (χ1n) is 13.2. The molecule has 1 fully saturated rings. The zero-order chi connectivity index (χ0) is 27.7. The second kappa shape index (κ2) is 10.8. The number of anilines is 2. The maximum Gasteiger partial charge on any atom is 0.123 e. The Bertz CT molecular complexity index is 1620. The zero-order valence-electron chi connectivity index (χ0n) is 21.9. The smallest absolute Gasteiger partial charge is 0.123 e. The van der Waals surface area contributed by atoms with Gasteiger partial charge in [-0.05, 0) is 60.7 Å². The third-order valence-electron chi connectivity index (χ3n) is 6.68. The molecule has 10 heteroatoms. The average Bonchev–Trinajstić information content (AvgIpc) is 3.69. The van der Waals surface area contributed by atoms with Gasteiger partial charge in [0, 0.05) is 48.5 Å². The largest absolute Gasteiger partial charge is 0.383 e. The second-order valence-electron chi connectivity index (χ2n) is 9.48. The summed E-state index contributed by atoms with van der Waals surface area (Å²) >= 11 is 6.70. The first-order valence-corrected chi connectivity index (χ1v) is 13.0. The number of hydrazine groups is 2. The molecule has 1 saturated carbocycles. The van der Waals surface area contributed by atoms with Gasteiger partial charge in [-0.25, -0.2) is 4.39 Å². The lowest BCUT2D eigenvalue weighted by Crippen LogP contribution is -2.38. The summed E-state index contributed by atoms with van der Waals surface area (Å²) in [6, 6.07) is 14.3. The second-order valence-corrected chi connectivity index (χ2v) is 9.88. The van der Waals surface area contributed by atoms with Crippen LogP contribution in [0.25, 0.3) is 10.9 Å². The van der Waals surface area contributed by atoms with E-state index in [1.165, 1.54) is 18.3 Å². The van der Waals surface area contributed by atoms with E-state index in [-0.39, 0.29) is 5.82 Å². The van der Waals surface area contributed by atoms with E-state index in [9.17, 15) is 11.0 Å². The summed E-state index contributed by atoms with van der Waals surface area (Å²) < 4.78 is 23.4. The molecule has 39 heavy (non-hydrogen) atoms. The third-order valence-corrected chi connectivity index (χ3v) is 6.97. The molecule has 8 nitrogen and oxygen atoms in total. The van der Waals surface area contributed by atoms with Gasteiger partial charge in [-0.1, -0.05) is 29.8 Å².